The van der Waals surface area contributed by atoms with Crippen molar-refractivity contribution in [2.75, 3.05) is 13.1 Å². The topological polar surface area (TPSA) is 23.5 Å². The molecule has 2 aliphatic rings. The lowest BCUT2D eigenvalue weighted by Crippen LogP contribution is -2.39. The molecule has 0 amide bonds. The lowest BCUT2D eigenvalue weighted by Gasteiger charge is -2.31. The van der Waals surface area contributed by atoms with Crippen LogP contribution >= 0.6 is 0 Å². The van der Waals surface area contributed by atoms with Crippen LogP contribution in [-0.2, 0) is 5.60 Å². The molecule has 0 radical (unpaired) electrons. The highest BCUT2D eigenvalue weighted by Crippen LogP contribution is 2.43. The minimum absolute atomic E-state index is 0.351. The first kappa shape index (κ1) is 11.2. The van der Waals surface area contributed by atoms with Gasteiger partial charge in [-0.3, -0.25) is 4.90 Å². The molecule has 1 aromatic rings. The zero-order chi connectivity index (χ0) is 12.0. The Hall–Kier alpha value is -0.860. The van der Waals surface area contributed by atoms with Crippen LogP contribution in [0.5, 0.6) is 0 Å². The summed E-state index contributed by atoms with van der Waals surface area (Å²) in [5.41, 5.74) is 3.06. The summed E-state index contributed by atoms with van der Waals surface area (Å²) < 4.78 is 0. The number of aryl methyl sites for hydroxylation is 2. The molecule has 17 heavy (non-hydrogen) atoms. The number of fused-ring (bicyclic) bond motifs is 1. The number of rotatable bonds is 1. The van der Waals surface area contributed by atoms with E-state index < -0.39 is 5.60 Å². The largest absolute Gasteiger partial charge is 0.383 e. The van der Waals surface area contributed by atoms with Crippen LogP contribution in [0.4, 0.5) is 0 Å². The Morgan fingerprint density at radius 3 is 2.88 bits per heavy atom. The van der Waals surface area contributed by atoms with Crippen molar-refractivity contribution in [3.63, 3.8) is 0 Å². The van der Waals surface area contributed by atoms with Crippen molar-refractivity contribution in [3.8, 4) is 0 Å². The molecule has 2 nitrogen and oxygen atoms in total. The van der Waals surface area contributed by atoms with E-state index in [0.29, 0.717) is 6.04 Å². The van der Waals surface area contributed by atoms with Crippen molar-refractivity contribution in [2.24, 2.45) is 0 Å². The van der Waals surface area contributed by atoms with Gasteiger partial charge in [-0.25, -0.2) is 0 Å². The monoisotopic (exact) mass is 231 g/mol. The fraction of sp³-hybridized carbons (Fsp3) is 0.600. The molecule has 0 bridgehead atoms. The normalized spacial score (nSPS) is 33.0. The zero-order valence-electron chi connectivity index (χ0n) is 10.7. The molecule has 0 aliphatic carbocycles. The van der Waals surface area contributed by atoms with E-state index in [1.165, 1.54) is 17.5 Å². The first-order valence-electron chi connectivity index (χ1n) is 6.65. The van der Waals surface area contributed by atoms with E-state index >= 15 is 0 Å². The van der Waals surface area contributed by atoms with E-state index in [-0.39, 0.29) is 0 Å². The van der Waals surface area contributed by atoms with Crippen molar-refractivity contribution < 1.29 is 5.11 Å². The predicted molar refractivity (Wildman–Crippen MR) is 69.0 cm³/mol. The van der Waals surface area contributed by atoms with Crippen LogP contribution in [0.3, 0.4) is 0 Å². The summed E-state index contributed by atoms with van der Waals surface area (Å²) >= 11 is 0. The van der Waals surface area contributed by atoms with Crippen molar-refractivity contribution in [1.82, 2.24) is 4.90 Å². The van der Waals surface area contributed by atoms with Crippen molar-refractivity contribution >= 4 is 0 Å². The second-order valence-corrected chi connectivity index (χ2v) is 5.69. The average molecular weight is 231 g/mol. The number of benzene rings is 1. The molecular formula is C15H21NO. The Morgan fingerprint density at radius 2 is 2.12 bits per heavy atom. The van der Waals surface area contributed by atoms with Gasteiger partial charge in [-0.2, -0.15) is 0 Å². The van der Waals surface area contributed by atoms with Crippen molar-refractivity contribution in [1.29, 1.82) is 0 Å². The number of hydrogen-bond acceptors (Lipinski definition) is 2. The Labute approximate surface area is 103 Å². The molecule has 0 aromatic heterocycles. The van der Waals surface area contributed by atoms with Crippen LogP contribution in [0.15, 0.2) is 18.2 Å². The molecule has 1 N–H and O–H groups in total. The molecule has 2 fully saturated rings. The average Bonchev–Trinajstić information content (AvgIpc) is 2.83. The van der Waals surface area contributed by atoms with Crippen LogP contribution in [0.1, 0.15) is 36.0 Å². The number of aliphatic hydroxyl groups is 1. The summed E-state index contributed by atoms with van der Waals surface area (Å²) in [6.45, 7) is 6.45. The van der Waals surface area contributed by atoms with E-state index in [0.717, 1.165) is 31.5 Å². The quantitative estimate of drug-likeness (QED) is 0.802. The van der Waals surface area contributed by atoms with E-state index in [1.54, 1.807) is 0 Å². The molecule has 2 unspecified atom stereocenters. The highest BCUT2D eigenvalue weighted by Gasteiger charge is 2.49. The summed E-state index contributed by atoms with van der Waals surface area (Å²) in [7, 11) is 0. The van der Waals surface area contributed by atoms with Gasteiger partial charge in [0.25, 0.3) is 0 Å². The van der Waals surface area contributed by atoms with Crippen LogP contribution in [0, 0.1) is 13.8 Å². The predicted octanol–water partition coefficient (Wildman–Crippen LogP) is 2.36. The van der Waals surface area contributed by atoms with Crippen molar-refractivity contribution in [2.45, 2.75) is 44.8 Å². The Bertz CT molecular complexity index is 443. The van der Waals surface area contributed by atoms with E-state index in [4.69, 9.17) is 0 Å². The smallest absolute Gasteiger partial charge is 0.107 e. The summed E-state index contributed by atoms with van der Waals surface area (Å²) in [5, 5.41) is 11.1. The first-order chi connectivity index (χ1) is 8.11. The van der Waals surface area contributed by atoms with Gasteiger partial charge in [0.2, 0.25) is 0 Å². The van der Waals surface area contributed by atoms with E-state index in [1.807, 2.05) is 0 Å². The molecule has 0 saturated carbocycles. The van der Waals surface area contributed by atoms with Crippen LogP contribution in [-0.4, -0.2) is 29.1 Å². The van der Waals surface area contributed by atoms with Gasteiger partial charge >= 0.3 is 0 Å². The summed E-state index contributed by atoms with van der Waals surface area (Å²) in [5.74, 6) is 0. The summed E-state index contributed by atoms with van der Waals surface area (Å²) in [6, 6.07) is 6.79. The van der Waals surface area contributed by atoms with Gasteiger partial charge in [0.1, 0.15) is 5.60 Å². The van der Waals surface area contributed by atoms with Gasteiger partial charge in [-0.15, -0.1) is 0 Å². The standard InChI is InChI=1S/C15H21NO/c1-11-5-6-13(12(2)10-11)15(17)7-9-16-8-3-4-14(15)16/h5-6,10,14,17H,3-4,7-9H2,1-2H3. The van der Waals surface area contributed by atoms with E-state index in [2.05, 4.69) is 36.9 Å². The van der Waals surface area contributed by atoms with E-state index in [9.17, 15) is 5.11 Å². The van der Waals surface area contributed by atoms with Gasteiger partial charge in [0.15, 0.2) is 0 Å². The first-order valence-corrected chi connectivity index (χ1v) is 6.65. The van der Waals surface area contributed by atoms with Crippen LogP contribution < -0.4 is 0 Å². The van der Waals surface area contributed by atoms with Crippen LogP contribution in [0.25, 0.3) is 0 Å². The van der Waals surface area contributed by atoms with Gasteiger partial charge in [-0.05, 0) is 50.8 Å². The minimum Gasteiger partial charge on any atom is -0.383 e. The third kappa shape index (κ3) is 1.62. The SMILES string of the molecule is Cc1ccc(C2(O)CCN3CCCC32)c(C)c1. The summed E-state index contributed by atoms with van der Waals surface area (Å²) in [4.78, 5) is 2.46. The van der Waals surface area contributed by atoms with Crippen LogP contribution in [0.2, 0.25) is 0 Å². The Morgan fingerprint density at radius 1 is 1.29 bits per heavy atom. The summed E-state index contributed by atoms with van der Waals surface area (Å²) in [6.07, 6.45) is 3.27. The molecule has 2 atom stereocenters. The lowest BCUT2D eigenvalue weighted by molar-refractivity contribution is 0.00882. The molecule has 2 aliphatic heterocycles. The molecule has 2 heteroatoms. The molecule has 0 spiro atoms. The molecule has 2 saturated heterocycles. The third-order valence-electron chi connectivity index (χ3n) is 4.54. The zero-order valence-corrected chi connectivity index (χ0v) is 10.7. The van der Waals surface area contributed by atoms with Gasteiger partial charge in [0, 0.05) is 12.6 Å². The maximum atomic E-state index is 11.1. The molecule has 92 valence electrons. The molecule has 1 aromatic carbocycles. The number of hydrogen-bond donors (Lipinski definition) is 1. The molecular weight excluding hydrogens is 210 g/mol. The fourth-order valence-corrected chi connectivity index (χ4v) is 3.73. The fourth-order valence-electron chi connectivity index (χ4n) is 3.73. The third-order valence-corrected chi connectivity index (χ3v) is 4.54. The molecule has 3 rings (SSSR count). The lowest BCUT2D eigenvalue weighted by atomic mass is 9.82. The minimum atomic E-state index is -0.603. The number of nitrogens with zero attached hydrogens (tertiary/aromatic N) is 1. The Balaban J connectivity index is 2.02. The molecule has 2 heterocycles. The second kappa shape index (κ2) is 3.82. The van der Waals surface area contributed by atoms with Gasteiger partial charge in [-0.1, -0.05) is 23.8 Å². The highest BCUT2D eigenvalue weighted by atomic mass is 16.3. The van der Waals surface area contributed by atoms with Gasteiger partial charge < -0.3 is 5.11 Å². The Kier molecular flexibility index (Phi) is 2.53. The maximum absolute atomic E-state index is 11.1. The maximum Gasteiger partial charge on any atom is 0.107 e. The van der Waals surface area contributed by atoms with Crippen molar-refractivity contribution in [3.05, 3.63) is 34.9 Å². The highest BCUT2D eigenvalue weighted by molar-refractivity contribution is 5.37. The second-order valence-electron chi connectivity index (χ2n) is 5.69. The van der Waals surface area contributed by atoms with Gasteiger partial charge in [0.05, 0.1) is 0 Å².